The summed E-state index contributed by atoms with van der Waals surface area (Å²) in [4.78, 5) is 24.4. The molecule has 0 atom stereocenters. The maximum Gasteiger partial charge on any atom is 0.170 e. The van der Waals surface area contributed by atoms with Gasteiger partial charge in [-0.05, 0) is 31.4 Å². The van der Waals surface area contributed by atoms with Gasteiger partial charge in [-0.3, -0.25) is 9.59 Å². The van der Waals surface area contributed by atoms with Crippen LogP contribution in [0.15, 0.2) is 22.1 Å². The highest BCUT2D eigenvalue weighted by Gasteiger charge is 2.30. The molecule has 1 aromatic rings. The molecular weight excluding hydrogens is 382 g/mol. The van der Waals surface area contributed by atoms with E-state index >= 15 is 0 Å². The van der Waals surface area contributed by atoms with Crippen molar-refractivity contribution in [2.45, 2.75) is 38.5 Å². The van der Waals surface area contributed by atoms with Crippen molar-refractivity contribution in [3.8, 4) is 11.5 Å². The maximum absolute atomic E-state index is 13.1. The van der Waals surface area contributed by atoms with Crippen molar-refractivity contribution in [3.05, 3.63) is 23.3 Å². The van der Waals surface area contributed by atoms with Gasteiger partial charge in [0.1, 0.15) is 17.1 Å². The summed E-state index contributed by atoms with van der Waals surface area (Å²) in [6, 6.07) is 3.08. The van der Waals surface area contributed by atoms with Crippen LogP contribution in [0.4, 0.5) is 5.69 Å². The second-order valence-electron chi connectivity index (χ2n) is 6.95. The fourth-order valence-corrected chi connectivity index (χ4v) is 5.81. The van der Waals surface area contributed by atoms with Crippen molar-refractivity contribution in [1.82, 2.24) is 0 Å². The number of ether oxygens (including phenoxy) is 2. The summed E-state index contributed by atoms with van der Waals surface area (Å²) in [5.41, 5.74) is 0.194. The molecule has 152 valence electrons. The van der Waals surface area contributed by atoms with Crippen LogP contribution < -0.4 is 9.47 Å². The van der Waals surface area contributed by atoms with E-state index in [1.54, 1.807) is 6.07 Å². The van der Waals surface area contributed by atoms with Crippen LogP contribution >= 0.6 is 0 Å². The van der Waals surface area contributed by atoms with E-state index in [-0.39, 0.29) is 47.0 Å². The minimum atomic E-state index is -2.46. The maximum atomic E-state index is 13.1. The third-order valence-corrected chi connectivity index (χ3v) is 7.43. The highest BCUT2D eigenvalue weighted by molar-refractivity contribution is 7.93. The Morgan fingerprint density at radius 1 is 1.00 bits per heavy atom. The van der Waals surface area contributed by atoms with E-state index in [1.165, 1.54) is 20.3 Å². The Morgan fingerprint density at radius 3 is 2.21 bits per heavy atom. The summed E-state index contributed by atoms with van der Waals surface area (Å²) in [6.45, 7) is 0. The fourth-order valence-electron chi connectivity index (χ4n) is 3.60. The zero-order chi connectivity index (χ0) is 20.3. The molecule has 1 saturated carbocycles. The number of hydrogen-bond donors (Lipinski definition) is 1. The molecule has 1 aromatic carbocycles. The Morgan fingerprint density at radius 2 is 1.64 bits per heavy atom. The van der Waals surface area contributed by atoms with Gasteiger partial charge in [-0.1, -0.05) is 6.42 Å². The average molecular weight is 407 g/mol. The number of Topliss-reactive ketones (excluding diaryl/α,β-unsaturated/α-hetero) is 2. The smallest absolute Gasteiger partial charge is 0.170 e. The minimum absolute atomic E-state index is 0.142. The number of rotatable bonds is 4. The van der Waals surface area contributed by atoms with E-state index in [2.05, 4.69) is 4.36 Å². The van der Waals surface area contributed by atoms with Gasteiger partial charge in [0.25, 0.3) is 0 Å². The molecule has 7 nitrogen and oxygen atoms in total. The van der Waals surface area contributed by atoms with Crippen molar-refractivity contribution in [3.63, 3.8) is 0 Å². The Hall–Kier alpha value is -2.35. The molecular formula is C20H25NO6S. The number of methoxy groups -OCH3 is 2. The SMILES string of the molecule is COc1ccc(C(O)=C2C(=O)CCCC2=O)c(OC)c1N=S1(=O)CCCCC1. The molecule has 0 amide bonds. The predicted molar refractivity (Wildman–Crippen MR) is 107 cm³/mol. The number of aliphatic hydroxyl groups is 1. The van der Waals surface area contributed by atoms with Crippen LogP contribution in [0.1, 0.15) is 44.1 Å². The molecule has 28 heavy (non-hydrogen) atoms. The van der Waals surface area contributed by atoms with Gasteiger partial charge >= 0.3 is 0 Å². The molecule has 1 N–H and O–H groups in total. The highest BCUT2D eigenvalue weighted by atomic mass is 32.2. The Balaban J connectivity index is 2.22. The molecule has 1 aliphatic carbocycles. The first-order valence-electron chi connectivity index (χ1n) is 9.37. The molecule has 3 rings (SSSR count). The topological polar surface area (TPSA) is 102 Å². The lowest BCUT2D eigenvalue weighted by Gasteiger charge is -2.19. The Bertz CT molecular complexity index is 926. The van der Waals surface area contributed by atoms with Gasteiger partial charge < -0.3 is 14.6 Å². The van der Waals surface area contributed by atoms with Crippen molar-refractivity contribution >= 4 is 32.7 Å². The van der Waals surface area contributed by atoms with Crippen molar-refractivity contribution in [2.75, 3.05) is 25.7 Å². The molecule has 0 aromatic heterocycles. The monoisotopic (exact) mass is 407 g/mol. The zero-order valence-electron chi connectivity index (χ0n) is 16.2. The normalized spacial score (nSPS) is 19.3. The van der Waals surface area contributed by atoms with Gasteiger partial charge in [-0.2, -0.15) is 4.36 Å². The van der Waals surface area contributed by atoms with E-state index in [0.29, 0.717) is 23.7 Å². The molecule has 1 saturated heterocycles. The number of carbonyl (C=O) groups excluding carboxylic acids is 2. The Labute approximate surface area is 164 Å². The van der Waals surface area contributed by atoms with E-state index in [1.807, 2.05) is 0 Å². The summed E-state index contributed by atoms with van der Waals surface area (Å²) in [5, 5.41) is 10.8. The second-order valence-corrected chi connectivity index (χ2v) is 9.50. The largest absolute Gasteiger partial charge is 0.506 e. The van der Waals surface area contributed by atoms with E-state index in [9.17, 15) is 18.9 Å². The summed E-state index contributed by atoms with van der Waals surface area (Å²) < 4.78 is 28.5. The summed E-state index contributed by atoms with van der Waals surface area (Å²) >= 11 is 0. The van der Waals surface area contributed by atoms with Crippen LogP contribution in [0.2, 0.25) is 0 Å². The fraction of sp³-hybridized carbons (Fsp3) is 0.500. The molecule has 1 heterocycles. The molecule has 1 aliphatic heterocycles. The quantitative estimate of drug-likeness (QED) is 0.465. The van der Waals surface area contributed by atoms with E-state index < -0.39 is 15.5 Å². The van der Waals surface area contributed by atoms with Crippen LogP contribution in [0.3, 0.4) is 0 Å². The molecule has 0 bridgehead atoms. The van der Waals surface area contributed by atoms with Crippen LogP contribution in [0, 0.1) is 0 Å². The number of benzene rings is 1. The van der Waals surface area contributed by atoms with Crippen LogP contribution in [-0.4, -0.2) is 46.6 Å². The molecule has 0 spiro atoms. The van der Waals surface area contributed by atoms with Crippen LogP contribution in [0.25, 0.3) is 5.76 Å². The van der Waals surface area contributed by atoms with Gasteiger partial charge in [0.05, 0.1) is 29.5 Å². The Kier molecular flexibility index (Phi) is 6.07. The van der Waals surface area contributed by atoms with Gasteiger partial charge in [0.2, 0.25) is 0 Å². The van der Waals surface area contributed by atoms with Gasteiger partial charge in [-0.25, -0.2) is 4.21 Å². The van der Waals surface area contributed by atoms with Crippen LogP contribution in [0.5, 0.6) is 11.5 Å². The lowest BCUT2D eigenvalue weighted by Crippen LogP contribution is -2.20. The highest BCUT2D eigenvalue weighted by Crippen LogP contribution is 2.44. The second kappa shape index (κ2) is 8.34. The van der Waals surface area contributed by atoms with E-state index in [4.69, 9.17) is 9.47 Å². The molecule has 0 radical (unpaired) electrons. The molecule has 8 heteroatoms. The van der Waals surface area contributed by atoms with Crippen molar-refractivity contribution in [1.29, 1.82) is 0 Å². The molecule has 0 unspecified atom stereocenters. The summed E-state index contributed by atoms with van der Waals surface area (Å²) in [5.74, 6) is 0.286. The van der Waals surface area contributed by atoms with Crippen molar-refractivity contribution < 1.29 is 28.4 Å². The molecule has 2 fully saturated rings. The van der Waals surface area contributed by atoms with Gasteiger partial charge in [0.15, 0.2) is 23.0 Å². The van der Waals surface area contributed by atoms with Crippen LogP contribution in [-0.2, 0) is 19.3 Å². The number of nitrogens with zero attached hydrogens (tertiary/aromatic N) is 1. The van der Waals surface area contributed by atoms with Gasteiger partial charge in [-0.15, -0.1) is 0 Å². The number of ketones is 2. The zero-order valence-corrected chi connectivity index (χ0v) is 17.0. The first-order valence-corrected chi connectivity index (χ1v) is 11.2. The summed E-state index contributed by atoms with van der Waals surface area (Å²) in [6.07, 6.45) is 3.62. The van der Waals surface area contributed by atoms with Crippen molar-refractivity contribution in [2.24, 2.45) is 4.36 Å². The standard InChI is InChI=1S/C20H25NO6S/c1-26-16-10-9-13(19(24)17-14(22)7-6-8-15(17)23)20(27-2)18(16)21-28(25)11-4-3-5-12-28/h9-10,24H,3-8,11-12H2,1-2H3. The first-order chi connectivity index (χ1) is 13.4. The number of aliphatic hydroxyl groups excluding tert-OH is 1. The summed E-state index contributed by atoms with van der Waals surface area (Å²) in [7, 11) is 0.398. The number of hydrogen-bond acceptors (Lipinski definition) is 7. The third kappa shape index (κ3) is 3.92. The minimum Gasteiger partial charge on any atom is -0.506 e. The number of allylic oxidation sites excluding steroid dienone is 1. The third-order valence-electron chi connectivity index (χ3n) is 5.06. The molecule has 2 aliphatic rings. The predicted octanol–water partition coefficient (Wildman–Crippen LogP) is 3.58. The van der Waals surface area contributed by atoms with E-state index in [0.717, 1.165) is 19.3 Å². The van der Waals surface area contributed by atoms with Gasteiger partial charge in [0, 0.05) is 24.3 Å². The lowest BCUT2D eigenvalue weighted by atomic mass is 9.89. The first kappa shape index (κ1) is 20.4. The lowest BCUT2D eigenvalue weighted by molar-refractivity contribution is -0.123. The number of carbonyl (C=O) groups is 2. The average Bonchev–Trinajstić information content (AvgIpc) is 2.67.